The van der Waals surface area contributed by atoms with Crippen molar-refractivity contribution in [3.63, 3.8) is 0 Å². The van der Waals surface area contributed by atoms with Crippen molar-refractivity contribution in [3.8, 4) is 0 Å². The molecule has 0 aliphatic carbocycles. The van der Waals surface area contributed by atoms with Gasteiger partial charge in [0.15, 0.2) is 5.78 Å². The van der Waals surface area contributed by atoms with E-state index in [1.165, 1.54) is 0 Å². The minimum absolute atomic E-state index is 0.183. The molecule has 1 aromatic heterocycles. The molecule has 0 fully saturated rings. The van der Waals surface area contributed by atoms with Crippen molar-refractivity contribution in [1.82, 2.24) is 5.32 Å². The van der Waals surface area contributed by atoms with Crippen LogP contribution in [0.5, 0.6) is 0 Å². The topological polar surface area (TPSA) is 49.3 Å². The first kappa shape index (κ1) is 11.4. The minimum Gasteiger partial charge on any atom is -0.396 e. The maximum Gasteiger partial charge on any atom is 0.164 e. The summed E-state index contributed by atoms with van der Waals surface area (Å²) >= 11 is 1.54. The van der Waals surface area contributed by atoms with Gasteiger partial charge in [0.1, 0.15) is 0 Å². The lowest BCUT2D eigenvalue weighted by atomic mass is 10.2. The summed E-state index contributed by atoms with van der Waals surface area (Å²) in [4.78, 5) is 11.5. The lowest BCUT2D eigenvalue weighted by Gasteiger charge is -2.01. The highest BCUT2D eigenvalue weighted by atomic mass is 32.1. The fourth-order valence-corrected chi connectivity index (χ4v) is 1.76. The summed E-state index contributed by atoms with van der Waals surface area (Å²) in [6.45, 7) is 1.66. The molecule has 0 spiro atoms. The molecule has 0 radical (unpaired) electrons. The first-order valence-electron chi connectivity index (χ1n) is 4.71. The molecular formula is C10H15NO2S. The van der Waals surface area contributed by atoms with Gasteiger partial charge in [0.05, 0.1) is 0 Å². The fraction of sp³-hybridized carbons (Fsp3) is 0.500. The zero-order valence-electron chi connectivity index (χ0n) is 8.03. The summed E-state index contributed by atoms with van der Waals surface area (Å²) in [6.07, 6.45) is 1.27. The van der Waals surface area contributed by atoms with Crippen molar-refractivity contribution in [1.29, 1.82) is 0 Å². The molecule has 3 nitrogen and oxygen atoms in total. The van der Waals surface area contributed by atoms with Gasteiger partial charge in [0.2, 0.25) is 0 Å². The van der Waals surface area contributed by atoms with E-state index in [1.807, 2.05) is 16.8 Å². The van der Waals surface area contributed by atoms with Gasteiger partial charge in [-0.15, -0.1) is 0 Å². The van der Waals surface area contributed by atoms with Gasteiger partial charge < -0.3 is 10.4 Å². The first-order valence-corrected chi connectivity index (χ1v) is 5.66. The van der Waals surface area contributed by atoms with Gasteiger partial charge in [-0.05, 0) is 24.4 Å². The van der Waals surface area contributed by atoms with Gasteiger partial charge in [-0.2, -0.15) is 11.3 Å². The predicted octanol–water partition coefficient (Wildman–Crippen LogP) is 1.29. The van der Waals surface area contributed by atoms with E-state index in [2.05, 4.69) is 5.32 Å². The summed E-state index contributed by atoms with van der Waals surface area (Å²) < 4.78 is 0. The van der Waals surface area contributed by atoms with Crippen molar-refractivity contribution in [2.45, 2.75) is 12.8 Å². The molecule has 0 saturated heterocycles. The quantitative estimate of drug-likeness (QED) is 0.530. The van der Waals surface area contributed by atoms with Crippen molar-refractivity contribution >= 4 is 17.1 Å². The molecule has 2 N–H and O–H groups in total. The summed E-state index contributed by atoms with van der Waals surface area (Å²) in [5, 5.41) is 15.4. The molecular weight excluding hydrogens is 198 g/mol. The molecule has 1 rings (SSSR count). The highest BCUT2D eigenvalue weighted by Crippen LogP contribution is 2.07. The van der Waals surface area contributed by atoms with E-state index in [0.29, 0.717) is 13.0 Å². The Morgan fingerprint density at radius 3 is 3.00 bits per heavy atom. The largest absolute Gasteiger partial charge is 0.396 e. The minimum atomic E-state index is 0.183. The maximum atomic E-state index is 11.5. The van der Waals surface area contributed by atoms with Crippen LogP contribution in [0.1, 0.15) is 23.2 Å². The van der Waals surface area contributed by atoms with E-state index in [1.54, 1.807) is 11.3 Å². The monoisotopic (exact) mass is 213 g/mol. The van der Waals surface area contributed by atoms with Crippen LogP contribution in [0.4, 0.5) is 0 Å². The molecule has 1 aromatic rings. The highest BCUT2D eigenvalue weighted by Gasteiger charge is 2.04. The molecule has 4 heteroatoms. The molecule has 0 aliphatic rings. The molecule has 0 atom stereocenters. The number of carbonyl (C=O) groups excluding carboxylic acids is 1. The number of hydrogen-bond donors (Lipinski definition) is 2. The number of hydrogen-bond acceptors (Lipinski definition) is 4. The Morgan fingerprint density at radius 1 is 1.50 bits per heavy atom. The zero-order valence-corrected chi connectivity index (χ0v) is 8.85. The molecule has 1 heterocycles. The van der Waals surface area contributed by atoms with E-state index in [-0.39, 0.29) is 12.4 Å². The number of nitrogens with one attached hydrogen (secondary N) is 1. The summed E-state index contributed by atoms with van der Waals surface area (Å²) in [5.74, 6) is 0.183. The Kier molecular flexibility index (Phi) is 5.44. The van der Waals surface area contributed by atoms with Crippen LogP contribution < -0.4 is 5.32 Å². The van der Waals surface area contributed by atoms with Crippen LogP contribution in [0.15, 0.2) is 16.8 Å². The van der Waals surface area contributed by atoms with Crippen molar-refractivity contribution in [2.24, 2.45) is 0 Å². The predicted molar refractivity (Wildman–Crippen MR) is 57.8 cm³/mol. The van der Waals surface area contributed by atoms with Gasteiger partial charge in [0.25, 0.3) is 0 Å². The average molecular weight is 213 g/mol. The van der Waals surface area contributed by atoms with Crippen LogP contribution in [0, 0.1) is 0 Å². The Bertz CT molecular complexity index is 259. The normalized spacial score (nSPS) is 10.4. The summed E-state index contributed by atoms with van der Waals surface area (Å²) in [6, 6.07) is 1.85. The van der Waals surface area contributed by atoms with Crippen LogP contribution >= 0.6 is 11.3 Å². The van der Waals surface area contributed by atoms with E-state index in [4.69, 9.17) is 5.11 Å². The second-order valence-corrected chi connectivity index (χ2v) is 3.79. The number of rotatable bonds is 7. The number of aliphatic hydroxyl groups excluding tert-OH is 1. The molecule has 0 aromatic carbocycles. The van der Waals surface area contributed by atoms with Crippen LogP contribution in [-0.4, -0.2) is 30.6 Å². The van der Waals surface area contributed by atoms with Crippen molar-refractivity contribution in [3.05, 3.63) is 22.4 Å². The highest BCUT2D eigenvalue weighted by molar-refractivity contribution is 7.08. The third kappa shape index (κ3) is 4.00. The van der Waals surface area contributed by atoms with E-state index >= 15 is 0 Å². The van der Waals surface area contributed by atoms with Crippen LogP contribution in [0.3, 0.4) is 0 Å². The van der Waals surface area contributed by atoms with Gasteiger partial charge in [0, 0.05) is 30.5 Å². The summed E-state index contributed by atoms with van der Waals surface area (Å²) in [5.41, 5.74) is 0.805. The number of Topliss-reactive ketones (excluding diaryl/α,β-unsaturated/α-hetero) is 1. The van der Waals surface area contributed by atoms with Crippen LogP contribution in [-0.2, 0) is 0 Å². The maximum absolute atomic E-state index is 11.5. The molecule has 0 aliphatic heterocycles. The lowest BCUT2D eigenvalue weighted by Crippen LogP contribution is -2.20. The Morgan fingerprint density at radius 2 is 2.36 bits per heavy atom. The van der Waals surface area contributed by atoms with Gasteiger partial charge >= 0.3 is 0 Å². The fourth-order valence-electron chi connectivity index (χ4n) is 1.10. The Hall–Kier alpha value is -0.710. The number of thiophene rings is 1. The second kappa shape index (κ2) is 6.70. The zero-order chi connectivity index (χ0) is 10.2. The van der Waals surface area contributed by atoms with Gasteiger partial charge in [-0.1, -0.05) is 0 Å². The number of aliphatic hydroxyl groups is 1. The summed E-state index contributed by atoms with van der Waals surface area (Å²) in [7, 11) is 0. The van der Waals surface area contributed by atoms with Gasteiger partial charge in [-0.3, -0.25) is 4.79 Å². The number of carbonyl (C=O) groups is 1. The van der Waals surface area contributed by atoms with E-state index in [0.717, 1.165) is 18.5 Å². The van der Waals surface area contributed by atoms with Crippen LogP contribution in [0.25, 0.3) is 0 Å². The molecule has 0 unspecified atom stereocenters. The molecule has 78 valence electrons. The molecule has 0 bridgehead atoms. The first-order chi connectivity index (χ1) is 6.84. The molecule has 0 saturated carbocycles. The Balaban J connectivity index is 2.10. The third-order valence-electron chi connectivity index (χ3n) is 1.88. The van der Waals surface area contributed by atoms with Gasteiger partial charge in [-0.25, -0.2) is 0 Å². The molecule has 0 amide bonds. The third-order valence-corrected chi connectivity index (χ3v) is 2.57. The second-order valence-electron chi connectivity index (χ2n) is 3.01. The number of ketones is 1. The van der Waals surface area contributed by atoms with Crippen molar-refractivity contribution in [2.75, 3.05) is 19.7 Å². The smallest absolute Gasteiger partial charge is 0.164 e. The van der Waals surface area contributed by atoms with E-state index in [9.17, 15) is 4.79 Å². The van der Waals surface area contributed by atoms with E-state index < -0.39 is 0 Å². The SMILES string of the molecule is O=C(CCNCCCO)c1ccsc1. The average Bonchev–Trinajstić information content (AvgIpc) is 2.70. The van der Waals surface area contributed by atoms with Crippen molar-refractivity contribution < 1.29 is 9.90 Å². The standard InChI is InChI=1S/C10H15NO2S/c12-6-1-4-11-5-2-10(13)9-3-7-14-8-9/h3,7-8,11-12H,1-2,4-6H2. The molecule has 14 heavy (non-hydrogen) atoms. The van der Waals surface area contributed by atoms with Crippen LogP contribution in [0.2, 0.25) is 0 Å². The lowest BCUT2D eigenvalue weighted by molar-refractivity contribution is 0.0983. The Labute approximate surface area is 87.8 Å².